The maximum atomic E-state index is 11.7. The lowest BCUT2D eigenvalue weighted by Crippen LogP contribution is -2.40. The van der Waals surface area contributed by atoms with Gasteiger partial charge in [-0.05, 0) is 20.3 Å². The van der Waals surface area contributed by atoms with Crippen molar-refractivity contribution in [3.63, 3.8) is 0 Å². The van der Waals surface area contributed by atoms with E-state index in [9.17, 15) is 9.59 Å². The number of nitrogens with zero attached hydrogens (tertiary/aromatic N) is 2. The molecule has 7 heteroatoms. The second-order valence-corrected chi connectivity index (χ2v) is 4.84. The first-order chi connectivity index (χ1) is 9.43. The molecule has 0 aromatic carbocycles. The molecule has 0 saturated carbocycles. The molecule has 0 bridgehead atoms. The van der Waals surface area contributed by atoms with E-state index in [1.54, 1.807) is 13.8 Å². The molecule has 0 aliphatic carbocycles. The minimum Gasteiger partial charge on any atom is -0.481 e. The molecule has 2 N–H and O–H groups in total. The zero-order valence-electron chi connectivity index (χ0n) is 12.0. The lowest BCUT2D eigenvalue weighted by Gasteiger charge is -2.17. The van der Waals surface area contributed by atoms with Gasteiger partial charge in [0.25, 0.3) is 0 Å². The van der Waals surface area contributed by atoms with E-state index in [2.05, 4.69) is 15.5 Å². The van der Waals surface area contributed by atoms with Crippen LogP contribution in [0.5, 0.6) is 0 Å². The Hall–Kier alpha value is -1.92. The molecule has 1 amide bonds. The minimum absolute atomic E-state index is 0.199. The smallest absolute Gasteiger partial charge is 0.308 e. The number of carbonyl (C=O) groups is 2. The highest BCUT2D eigenvalue weighted by molar-refractivity contribution is 5.78. The molecule has 0 aliphatic rings. The number of aromatic nitrogens is 2. The largest absolute Gasteiger partial charge is 0.481 e. The SMILES string of the molecule is CCCc1noc(CCC(=O)NC(C)C(C)C(=O)O)n1. The predicted octanol–water partition coefficient (Wildman–Crippen LogP) is 1.18. The van der Waals surface area contributed by atoms with Gasteiger partial charge in [-0.2, -0.15) is 4.98 Å². The van der Waals surface area contributed by atoms with Gasteiger partial charge in [0.1, 0.15) is 0 Å². The van der Waals surface area contributed by atoms with Gasteiger partial charge in [0.15, 0.2) is 5.82 Å². The zero-order chi connectivity index (χ0) is 15.1. The highest BCUT2D eigenvalue weighted by Crippen LogP contribution is 2.05. The van der Waals surface area contributed by atoms with E-state index >= 15 is 0 Å². The fourth-order valence-corrected chi connectivity index (χ4v) is 1.60. The summed E-state index contributed by atoms with van der Waals surface area (Å²) in [4.78, 5) is 26.6. The van der Waals surface area contributed by atoms with E-state index in [1.807, 2.05) is 6.92 Å². The van der Waals surface area contributed by atoms with Crippen molar-refractivity contribution in [3.05, 3.63) is 11.7 Å². The molecule has 1 aromatic rings. The third kappa shape index (κ3) is 4.99. The van der Waals surface area contributed by atoms with Gasteiger partial charge in [0, 0.05) is 25.3 Å². The van der Waals surface area contributed by atoms with E-state index in [0.29, 0.717) is 18.1 Å². The van der Waals surface area contributed by atoms with E-state index < -0.39 is 17.9 Å². The molecule has 0 fully saturated rings. The van der Waals surface area contributed by atoms with Crippen LogP contribution in [0, 0.1) is 5.92 Å². The van der Waals surface area contributed by atoms with Gasteiger partial charge >= 0.3 is 5.97 Å². The van der Waals surface area contributed by atoms with Gasteiger partial charge in [-0.15, -0.1) is 0 Å². The monoisotopic (exact) mass is 283 g/mol. The average Bonchev–Trinajstić information content (AvgIpc) is 2.83. The standard InChI is InChI=1S/C13H21N3O4/c1-4-5-10-15-12(20-16-10)7-6-11(17)14-9(3)8(2)13(18)19/h8-9H,4-7H2,1-3H3,(H,14,17)(H,18,19). The Bertz CT molecular complexity index is 458. The molecular weight excluding hydrogens is 262 g/mol. The van der Waals surface area contributed by atoms with Crippen LogP contribution >= 0.6 is 0 Å². The number of carboxylic acids is 1. The average molecular weight is 283 g/mol. The fourth-order valence-electron chi connectivity index (χ4n) is 1.60. The van der Waals surface area contributed by atoms with E-state index in [1.165, 1.54) is 0 Å². The number of carboxylic acid groups (broad SMARTS) is 1. The summed E-state index contributed by atoms with van der Waals surface area (Å²) in [6.45, 7) is 5.25. The summed E-state index contributed by atoms with van der Waals surface area (Å²) in [5.74, 6) is -0.698. The summed E-state index contributed by atoms with van der Waals surface area (Å²) in [7, 11) is 0. The molecular formula is C13H21N3O4. The van der Waals surface area contributed by atoms with Gasteiger partial charge in [0.2, 0.25) is 11.8 Å². The lowest BCUT2D eigenvalue weighted by molar-refractivity contribution is -0.142. The van der Waals surface area contributed by atoms with Crippen LogP contribution in [-0.2, 0) is 22.4 Å². The minimum atomic E-state index is -0.932. The van der Waals surface area contributed by atoms with Crippen molar-refractivity contribution in [1.29, 1.82) is 0 Å². The second-order valence-electron chi connectivity index (χ2n) is 4.84. The molecule has 20 heavy (non-hydrogen) atoms. The first-order valence-corrected chi connectivity index (χ1v) is 6.77. The molecule has 7 nitrogen and oxygen atoms in total. The Kier molecular flexibility index (Phi) is 6.14. The number of aryl methyl sites for hydroxylation is 2. The summed E-state index contributed by atoms with van der Waals surface area (Å²) in [5.41, 5.74) is 0. The first kappa shape index (κ1) is 16.1. The highest BCUT2D eigenvalue weighted by Gasteiger charge is 2.21. The topological polar surface area (TPSA) is 105 Å². The van der Waals surface area contributed by atoms with Crippen molar-refractivity contribution in [3.8, 4) is 0 Å². The van der Waals surface area contributed by atoms with Crippen LogP contribution in [0.1, 0.15) is 45.3 Å². The number of amides is 1. The third-order valence-electron chi connectivity index (χ3n) is 3.08. The van der Waals surface area contributed by atoms with Crippen molar-refractivity contribution in [2.45, 2.75) is 52.5 Å². The third-order valence-corrected chi connectivity index (χ3v) is 3.08. The molecule has 0 radical (unpaired) electrons. The van der Waals surface area contributed by atoms with Crippen LogP contribution in [0.4, 0.5) is 0 Å². The van der Waals surface area contributed by atoms with Gasteiger partial charge in [-0.25, -0.2) is 0 Å². The van der Waals surface area contributed by atoms with Crippen LogP contribution in [0.25, 0.3) is 0 Å². The van der Waals surface area contributed by atoms with Gasteiger partial charge in [0.05, 0.1) is 5.92 Å². The van der Waals surface area contributed by atoms with E-state index in [-0.39, 0.29) is 12.3 Å². The molecule has 1 rings (SSSR count). The molecule has 0 aliphatic heterocycles. The second kappa shape index (κ2) is 7.62. The van der Waals surface area contributed by atoms with Crippen molar-refractivity contribution < 1.29 is 19.2 Å². The molecule has 0 saturated heterocycles. The van der Waals surface area contributed by atoms with Crippen LogP contribution in [0.3, 0.4) is 0 Å². The number of hydrogen-bond donors (Lipinski definition) is 2. The summed E-state index contributed by atoms with van der Waals surface area (Å²) in [6.07, 6.45) is 2.24. The molecule has 1 heterocycles. The Labute approximate surface area is 117 Å². The number of rotatable bonds is 8. The summed E-state index contributed by atoms with van der Waals surface area (Å²) in [5, 5.41) is 15.3. The van der Waals surface area contributed by atoms with Crippen LogP contribution < -0.4 is 5.32 Å². The van der Waals surface area contributed by atoms with Crippen molar-refractivity contribution in [2.24, 2.45) is 5.92 Å². The maximum Gasteiger partial charge on any atom is 0.308 e. The number of nitrogens with one attached hydrogen (secondary N) is 1. The predicted molar refractivity (Wildman–Crippen MR) is 71.0 cm³/mol. The molecule has 2 unspecified atom stereocenters. The Morgan fingerprint density at radius 1 is 1.35 bits per heavy atom. The van der Waals surface area contributed by atoms with Crippen molar-refractivity contribution >= 4 is 11.9 Å². The van der Waals surface area contributed by atoms with Gasteiger partial charge in [-0.3, -0.25) is 9.59 Å². The van der Waals surface area contributed by atoms with E-state index in [4.69, 9.17) is 9.63 Å². The summed E-state index contributed by atoms with van der Waals surface area (Å²) < 4.78 is 5.02. The molecule has 1 aromatic heterocycles. The van der Waals surface area contributed by atoms with Gasteiger partial charge < -0.3 is 14.9 Å². The highest BCUT2D eigenvalue weighted by atomic mass is 16.5. The van der Waals surface area contributed by atoms with Crippen LogP contribution in [0.2, 0.25) is 0 Å². The quantitative estimate of drug-likeness (QED) is 0.742. The van der Waals surface area contributed by atoms with Gasteiger partial charge in [-0.1, -0.05) is 12.1 Å². The molecule has 0 spiro atoms. The lowest BCUT2D eigenvalue weighted by atomic mass is 10.0. The number of carbonyl (C=O) groups excluding carboxylic acids is 1. The van der Waals surface area contributed by atoms with Crippen molar-refractivity contribution in [1.82, 2.24) is 15.5 Å². The van der Waals surface area contributed by atoms with Crippen LogP contribution in [-0.4, -0.2) is 33.2 Å². The molecule has 112 valence electrons. The number of hydrogen-bond acceptors (Lipinski definition) is 5. The van der Waals surface area contributed by atoms with Crippen molar-refractivity contribution in [2.75, 3.05) is 0 Å². The number of aliphatic carboxylic acids is 1. The Morgan fingerprint density at radius 2 is 2.05 bits per heavy atom. The Balaban J connectivity index is 2.37. The first-order valence-electron chi connectivity index (χ1n) is 6.77. The summed E-state index contributed by atoms with van der Waals surface area (Å²) >= 11 is 0. The maximum absolute atomic E-state index is 11.7. The Morgan fingerprint density at radius 3 is 2.65 bits per heavy atom. The molecule has 2 atom stereocenters. The summed E-state index contributed by atoms with van der Waals surface area (Å²) in [6, 6.07) is -0.418. The zero-order valence-corrected chi connectivity index (χ0v) is 12.0. The normalized spacial score (nSPS) is 13.8. The fraction of sp³-hybridized carbons (Fsp3) is 0.692. The van der Waals surface area contributed by atoms with E-state index in [0.717, 1.165) is 12.8 Å². The van der Waals surface area contributed by atoms with Crippen LogP contribution in [0.15, 0.2) is 4.52 Å².